The molecule has 11 nitrogen and oxygen atoms in total. The Morgan fingerprint density at radius 3 is 1.53 bits per heavy atom. The molecule has 0 heterocycles. The summed E-state index contributed by atoms with van der Waals surface area (Å²) in [6.45, 7) is 2.74. The first-order valence-corrected chi connectivity index (χ1v) is 22.0. The molecule has 0 radical (unpaired) electrons. The lowest BCUT2D eigenvalue weighted by Gasteiger charge is -2.20. The number of carbonyl (C=O) groups is 3. The Balaban J connectivity index is 4.42. The number of hydrogen-bond acceptors (Lipinski definition) is 9. The molecule has 0 aromatic carbocycles. The molecule has 0 bridgehead atoms. The second-order valence-electron chi connectivity index (χ2n) is 13.8. The second kappa shape index (κ2) is 36.7. The molecule has 4 N–H and O–H groups in total. The van der Waals surface area contributed by atoms with Crippen molar-refractivity contribution in [3.63, 3.8) is 0 Å². The van der Waals surface area contributed by atoms with Crippen molar-refractivity contribution in [2.24, 2.45) is 5.73 Å². The number of carboxylic acid groups (broad SMARTS) is 1. The summed E-state index contributed by atoms with van der Waals surface area (Å²) in [6.07, 6.45) is 37.8. The van der Waals surface area contributed by atoms with Crippen molar-refractivity contribution in [3.05, 3.63) is 36.5 Å². The van der Waals surface area contributed by atoms with E-state index in [-0.39, 0.29) is 19.4 Å². The van der Waals surface area contributed by atoms with Crippen LogP contribution in [0.2, 0.25) is 0 Å². The zero-order chi connectivity index (χ0) is 39.3. The van der Waals surface area contributed by atoms with Crippen molar-refractivity contribution in [1.29, 1.82) is 0 Å². The number of rotatable bonds is 38. The number of carbonyl (C=O) groups excluding carboxylic acids is 2. The number of nitrogens with two attached hydrogens (primary N) is 1. The number of phosphoric ester groups is 1. The number of aliphatic carboxylic acids is 1. The van der Waals surface area contributed by atoms with Crippen molar-refractivity contribution >= 4 is 25.7 Å². The number of unbranched alkanes of at least 4 members (excludes halogenated alkanes) is 18. The van der Waals surface area contributed by atoms with Crippen LogP contribution in [0, 0.1) is 0 Å². The van der Waals surface area contributed by atoms with Gasteiger partial charge in [-0.25, -0.2) is 4.57 Å². The van der Waals surface area contributed by atoms with Crippen molar-refractivity contribution in [1.82, 2.24) is 0 Å². The fraction of sp³-hybridized carbons (Fsp3) is 0.780. The SMILES string of the molecule is CCCCC/C=C/C/C=C/C/C=C/CCCCCCC(=O)OC[C@@H](COP(=O)(O)OC[C@@H](N)C(=O)O)OC(=O)CCCCCCCCCCCCCC. The van der Waals surface area contributed by atoms with E-state index in [1.165, 1.54) is 77.0 Å². The highest BCUT2D eigenvalue weighted by atomic mass is 31.2. The highest BCUT2D eigenvalue weighted by Crippen LogP contribution is 2.43. The van der Waals surface area contributed by atoms with Gasteiger partial charge < -0.3 is 25.2 Å². The Bertz CT molecular complexity index is 1050. The average molecular weight is 772 g/mol. The minimum atomic E-state index is -4.71. The van der Waals surface area contributed by atoms with Gasteiger partial charge in [-0.1, -0.05) is 147 Å². The average Bonchev–Trinajstić information content (AvgIpc) is 3.13. The van der Waals surface area contributed by atoms with Crippen molar-refractivity contribution in [2.45, 2.75) is 187 Å². The number of ether oxygens (including phenoxy) is 2. The van der Waals surface area contributed by atoms with Gasteiger partial charge >= 0.3 is 25.7 Å². The van der Waals surface area contributed by atoms with Crippen LogP contribution in [0.4, 0.5) is 0 Å². The van der Waals surface area contributed by atoms with Crippen LogP contribution in [0.15, 0.2) is 36.5 Å². The summed E-state index contributed by atoms with van der Waals surface area (Å²) in [7, 11) is -4.71. The third-order valence-electron chi connectivity index (χ3n) is 8.64. The summed E-state index contributed by atoms with van der Waals surface area (Å²) in [6, 6.07) is -1.52. The summed E-state index contributed by atoms with van der Waals surface area (Å²) in [5, 5.41) is 8.87. The molecule has 53 heavy (non-hydrogen) atoms. The van der Waals surface area contributed by atoms with E-state index in [0.717, 1.165) is 57.8 Å². The molecule has 0 spiro atoms. The van der Waals surface area contributed by atoms with Gasteiger partial charge in [-0.3, -0.25) is 23.4 Å². The van der Waals surface area contributed by atoms with E-state index in [1.54, 1.807) is 0 Å². The molecule has 0 rings (SSSR count). The number of allylic oxidation sites excluding steroid dienone is 6. The van der Waals surface area contributed by atoms with Gasteiger partial charge in [-0.15, -0.1) is 0 Å². The summed E-state index contributed by atoms with van der Waals surface area (Å²) >= 11 is 0. The first-order chi connectivity index (χ1) is 25.6. The quantitative estimate of drug-likeness (QED) is 0.0236. The third-order valence-corrected chi connectivity index (χ3v) is 9.59. The standard InChI is InChI=1S/C41H74NO10P/c1-3-5-7-9-11-13-15-17-18-19-20-21-23-24-26-28-30-32-39(43)49-34-37(35-50-53(47,48)51-36-38(42)41(45)46)52-40(44)33-31-29-27-25-22-16-14-12-10-8-6-4-2/h11,13,17-18,20-21,37-38H,3-10,12,14-16,19,22-36,42H2,1-2H3,(H,45,46)(H,47,48)/b13-11+,18-17+,21-20+/t37-,38+/m0/s1. The maximum absolute atomic E-state index is 12.6. The largest absolute Gasteiger partial charge is 0.480 e. The maximum Gasteiger partial charge on any atom is 0.472 e. The van der Waals surface area contributed by atoms with Crippen LogP contribution in [0.5, 0.6) is 0 Å². The Kier molecular flexibility index (Phi) is 35.1. The van der Waals surface area contributed by atoms with Gasteiger partial charge in [-0.2, -0.15) is 0 Å². The van der Waals surface area contributed by atoms with Crippen LogP contribution in [0.25, 0.3) is 0 Å². The molecule has 0 aliphatic rings. The molecule has 3 atom stereocenters. The van der Waals surface area contributed by atoms with Gasteiger partial charge in [0.25, 0.3) is 0 Å². The van der Waals surface area contributed by atoms with Gasteiger partial charge in [-0.05, 0) is 51.4 Å². The van der Waals surface area contributed by atoms with Crippen LogP contribution in [0.1, 0.15) is 174 Å². The fourth-order valence-electron chi connectivity index (χ4n) is 5.36. The van der Waals surface area contributed by atoms with E-state index in [9.17, 15) is 23.8 Å². The van der Waals surface area contributed by atoms with Gasteiger partial charge in [0.15, 0.2) is 6.10 Å². The van der Waals surface area contributed by atoms with Crippen molar-refractivity contribution in [2.75, 3.05) is 19.8 Å². The molecule has 12 heteroatoms. The first kappa shape index (κ1) is 50.7. The topological polar surface area (TPSA) is 172 Å². The number of hydrogen-bond donors (Lipinski definition) is 3. The van der Waals surface area contributed by atoms with Crippen LogP contribution < -0.4 is 5.73 Å². The molecular weight excluding hydrogens is 697 g/mol. The molecule has 0 aliphatic heterocycles. The van der Waals surface area contributed by atoms with Gasteiger partial charge in [0.2, 0.25) is 0 Å². The van der Waals surface area contributed by atoms with E-state index in [1.807, 2.05) is 0 Å². The van der Waals surface area contributed by atoms with Crippen LogP contribution in [-0.4, -0.2) is 59.9 Å². The highest BCUT2D eigenvalue weighted by molar-refractivity contribution is 7.47. The van der Waals surface area contributed by atoms with E-state index in [2.05, 4.69) is 54.8 Å². The number of esters is 2. The van der Waals surface area contributed by atoms with Crippen LogP contribution >= 0.6 is 7.82 Å². The number of carboxylic acids is 1. The molecule has 0 aliphatic carbocycles. The van der Waals surface area contributed by atoms with Gasteiger partial charge in [0, 0.05) is 12.8 Å². The monoisotopic (exact) mass is 772 g/mol. The summed E-state index contributed by atoms with van der Waals surface area (Å²) in [4.78, 5) is 45.8. The summed E-state index contributed by atoms with van der Waals surface area (Å²) in [5.74, 6) is -2.40. The minimum absolute atomic E-state index is 0.158. The first-order valence-electron chi connectivity index (χ1n) is 20.5. The third kappa shape index (κ3) is 36.4. The zero-order valence-electron chi connectivity index (χ0n) is 33.1. The van der Waals surface area contributed by atoms with Crippen LogP contribution in [0.3, 0.4) is 0 Å². The molecule has 1 unspecified atom stereocenters. The lowest BCUT2D eigenvalue weighted by Crippen LogP contribution is -2.34. The van der Waals surface area contributed by atoms with E-state index < -0.39 is 51.1 Å². The number of phosphoric acid groups is 1. The fourth-order valence-corrected chi connectivity index (χ4v) is 6.14. The maximum atomic E-state index is 12.6. The molecule has 0 aromatic rings. The Morgan fingerprint density at radius 1 is 0.585 bits per heavy atom. The highest BCUT2D eigenvalue weighted by Gasteiger charge is 2.28. The molecule has 0 aromatic heterocycles. The van der Waals surface area contributed by atoms with Crippen molar-refractivity contribution in [3.8, 4) is 0 Å². The summed E-state index contributed by atoms with van der Waals surface area (Å²) in [5.41, 5.74) is 5.32. The molecular formula is C41H74NO10P. The zero-order valence-corrected chi connectivity index (χ0v) is 34.0. The van der Waals surface area contributed by atoms with Gasteiger partial charge in [0.05, 0.1) is 13.2 Å². The lowest BCUT2D eigenvalue weighted by atomic mass is 10.0. The predicted molar refractivity (Wildman–Crippen MR) is 212 cm³/mol. The lowest BCUT2D eigenvalue weighted by molar-refractivity contribution is -0.161. The molecule has 0 fully saturated rings. The Labute approximate surface area is 321 Å². The second-order valence-corrected chi connectivity index (χ2v) is 15.2. The Hall–Kier alpha value is -2.30. The van der Waals surface area contributed by atoms with Crippen molar-refractivity contribution < 1.29 is 47.5 Å². The molecule has 0 amide bonds. The Morgan fingerprint density at radius 2 is 1.00 bits per heavy atom. The molecule has 308 valence electrons. The molecule has 0 saturated carbocycles. The molecule has 0 saturated heterocycles. The van der Waals surface area contributed by atoms with Crippen LogP contribution in [-0.2, 0) is 37.5 Å². The smallest absolute Gasteiger partial charge is 0.472 e. The normalized spacial score (nSPS) is 14.2. The van der Waals surface area contributed by atoms with Gasteiger partial charge in [0.1, 0.15) is 12.6 Å². The van der Waals surface area contributed by atoms with E-state index in [0.29, 0.717) is 12.8 Å². The minimum Gasteiger partial charge on any atom is -0.480 e. The summed E-state index contributed by atoms with van der Waals surface area (Å²) < 4.78 is 32.6. The predicted octanol–water partition coefficient (Wildman–Crippen LogP) is 10.4. The van der Waals surface area contributed by atoms with E-state index >= 15 is 0 Å². The van der Waals surface area contributed by atoms with E-state index in [4.69, 9.17) is 24.8 Å².